The minimum atomic E-state index is -1.21. The number of amides is 4. The van der Waals surface area contributed by atoms with E-state index in [0.29, 0.717) is 11.3 Å². The van der Waals surface area contributed by atoms with Crippen LogP contribution >= 0.6 is 0 Å². The number of urea groups is 1. The summed E-state index contributed by atoms with van der Waals surface area (Å²) in [7, 11) is 1.56. The summed E-state index contributed by atoms with van der Waals surface area (Å²) in [4.78, 5) is 38.4. The molecule has 1 aliphatic rings. The van der Waals surface area contributed by atoms with Crippen molar-refractivity contribution in [1.29, 1.82) is 0 Å². The van der Waals surface area contributed by atoms with E-state index < -0.39 is 17.5 Å². The molecule has 0 saturated carbocycles. The number of hydrogen-bond donors (Lipinski definition) is 2. The van der Waals surface area contributed by atoms with Gasteiger partial charge >= 0.3 is 6.03 Å². The molecule has 2 rings (SSSR count). The Labute approximate surface area is 154 Å². The normalized spacial score (nSPS) is 20.1. The molecule has 7 nitrogen and oxygen atoms in total. The summed E-state index contributed by atoms with van der Waals surface area (Å²) in [5.74, 6) is -0.148. The van der Waals surface area contributed by atoms with Gasteiger partial charge < -0.3 is 15.4 Å². The second kappa shape index (κ2) is 7.35. The third-order valence-corrected chi connectivity index (χ3v) is 4.60. The van der Waals surface area contributed by atoms with E-state index in [4.69, 9.17) is 4.74 Å². The van der Waals surface area contributed by atoms with Crippen LogP contribution in [0.2, 0.25) is 0 Å². The number of hydrogen-bond acceptors (Lipinski definition) is 4. The highest BCUT2D eigenvalue weighted by atomic mass is 16.5. The molecule has 4 amide bonds. The quantitative estimate of drug-likeness (QED) is 0.729. The summed E-state index contributed by atoms with van der Waals surface area (Å²) in [6.07, 6.45) is 1.73. The number of rotatable bonds is 7. The summed E-state index contributed by atoms with van der Waals surface area (Å²) in [6.45, 7) is 7.20. The molecule has 1 fully saturated rings. The fourth-order valence-electron chi connectivity index (χ4n) is 3.21. The highest BCUT2D eigenvalue weighted by molar-refractivity contribution is 6.09. The maximum absolute atomic E-state index is 12.9. The Morgan fingerprint density at radius 3 is 2.42 bits per heavy atom. The van der Waals surface area contributed by atoms with E-state index in [2.05, 4.69) is 10.6 Å². The lowest BCUT2D eigenvalue weighted by molar-refractivity contribution is -0.135. The molecule has 1 aliphatic heterocycles. The lowest BCUT2D eigenvalue weighted by Crippen LogP contribution is -2.49. The van der Waals surface area contributed by atoms with Crippen molar-refractivity contribution in [1.82, 2.24) is 15.5 Å². The van der Waals surface area contributed by atoms with Gasteiger partial charge in [0.25, 0.3) is 5.91 Å². The van der Waals surface area contributed by atoms with Crippen LogP contribution in [0.3, 0.4) is 0 Å². The lowest BCUT2D eigenvalue weighted by atomic mass is 9.92. The Kier molecular flexibility index (Phi) is 5.59. The van der Waals surface area contributed by atoms with Crippen LogP contribution in [-0.2, 0) is 15.1 Å². The zero-order valence-electron chi connectivity index (χ0n) is 16.0. The summed E-state index contributed by atoms with van der Waals surface area (Å²) in [5, 5.41) is 5.57. The second-order valence-electron chi connectivity index (χ2n) is 7.36. The van der Waals surface area contributed by atoms with Crippen LogP contribution in [0.4, 0.5) is 4.79 Å². The fraction of sp³-hybridized carbons (Fsp3) is 0.526. The highest BCUT2D eigenvalue weighted by Crippen LogP contribution is 2.30. The Hall–Kier alpha value is -2.57. The average molecular weight is 361 g/mol. The van der Waals surface area contributed by atoms with Gasteiger partial charge in [0.1, 0.15) is 17.8 Å². The van der Waals surface area contributed by atoms with Gasteiger partial charge in [0, 0.05) is 5.54 Å². The molecule has 26 heavy (non-hydrogen) atoms. The number of nitrogens with one attached hydrogen (secondary N) is 2. The van der Waals surface area contributed by atoms with Gasteiger partial charge in [-0.1, -0.05) is 25.5 Å². The summed E-state index contributed by atoms with van der Waals surface area (Å²) < 4.78 is 5.12. The molecular weight excluding hydrogens is 334 g/mol. The first-order valence-corrected chi connectivity index (χ1v) is 8.72. The largest absolute Gasteiger partial charge is 0.497 e. The van der Waals surface area contributed by atoms with Crippen LogP contribution < -0.4 is 15.4 Å². The molecule has 1 unspecified atom stereocenters. The van der Waals surface area contributed by atoms with Crippen molar-refractivity contribution in [3.05, 3.63) is 29.8 Å². The van der Waals surface area contributed by atoms with Gasteiger partial charge in [0.2, 0.25) is 5.91 Å². The Balaban J connectivity index is 2.13. The number of carbonyl (C=O) groups excluding carboxylic acids is 3. The van der Waals surface area contributed by atoms with E-state index >= 15 is 0 Å². The smallest absolute Gasteiger partial charge is 0.325 e. The molecule has 2 N–H and O–H groups in total. The first-order chi connectivity index (χ1) is 12.1. The molecular formula is C19H27N3O4. The molecule has 0 aliphatic carbocycles. The van der Waals surface area contributed by atoms with Crippen LogP contribution in [0.1, 0.15) is 46.1 Å². The standard InChI is InChI=1S/C19H27N3O4/c1-6-11-18(2,3)20-15(23)12-22-16(24)19(4,21-17(22)25)13-7-9-14(26-5)10-8-13/h7-10H,6,11-12H2,1-5H3,(H,20,23)(H,21,25). The minimum Gasteiger partial charge on any atom is -0.497 e. The van der Waals surface area contributed by atoms with E-state index in [-0.39, 0.29) is 18.0 Å². The highest BCUT2D eigenvalue weighted by Gasteiger charge is 2.49. The molecule has 0 radical (unpaired) electrons. The van der Waals surface area contributed by atoms with Crippen molar-refractivity contribution in [3.8, 4) is 5.75 Å². The molecule has 0 spiro atoms. The van der Waals surface area contributed by atoms with Crippen molar-refractivity contribution in [2.45, 2.75) is 51.6 Å². The van der Waals surface area contributed by atoms with Gasteiger partial charge in [-0.2, -0.15) is 0 Å². The van der Waals surface area contributed by atoms with Crippen LogP contribution in [-0.4, -0.2) is 41.9 Å². The number of benzene rings is 1. The Bertz CT molecular complexity index is 699. The summed E-state index contributed by atoms with van der Waals surface area (Å²) in [5.41, 5.74) is -0.960. The van der Waals surface area contributed by atoms with Gasteiger partial charge in [-0.3, -0.25) is 14.5 Å². The topological polar surface area (TPSA) is 87.7 Å². The molecule has 0 bridgehead atoms. The first-order valence-electron chi connectivity index (χ1n) is 8.72. The lowest BCUT2D eigenvalue weighted by Gasteiger charge is -2.27. The van der Waals surface area contributed by atoms with E-state index in [1.165, 1.54) is 0 Å². The third kappa shape index (κ3) is 3.98. The molecule has 1 heterocycles. The van der Waals surface area contributed by atoms with Crippen LogP contribution in [0.5, 0.6) is 5.75 Å². The van der Waals surface area contributed by atoms with Gasteiger partial charge in [0.05, 0.1) is 7.11 Å². The zero-order chi connectivity index (χ0) is 19.5. The third-order valence-electron chi connectivity index (χ3n) is 4.60. The maximum Gasteiger partial charge on any atom is 0.325 e. The Morgan fingerprint density at radius 1 is 1.27 bits per heavy atom. The van der Waals surface area contributed by atoms with Crippen molar-refractivity contribution in [2.75, 3.05) is 13.7 Å². The number of nitrogens with zero attached hydrogens (tertiary/aromatic N) is 1. The van der Waals surface area contributed by atoms with E-state index in [0.717, 1.165) is 17.7 Å². The predicted molar refractivity (Wildman–Crippen MR) is 97.7 cm³/mol. The van der Waals surface area contributed by atoms with Crippen LogP contribution in [0.15, 0.2) is 24.3 Å². The molecule has 0 aromatic heterocycles. The SMILES string of the molecule is CCCC(C)(C)NC(=O)CN1C(=O)NC(C)(c2ccc(OC)cc2)C1=O. The summed E-state index contributed by atoms with van der Waals surface area (Å²) in [6, 6.07) is 6.33. The molecule has 142 valence electrons. The molecule has 1 aromatic rings. The van der Waals surface area contributed by atoms with Gasteiger partial charge in [-0.05, 0) is 44.9 Å². The van der Waals surface area contributed by atoms with Gasteiger partial charge in [0.15, 0.2) is 0 Å². The molecule has 1 atom stereocenters. The second-order valence-corrected chi connectivity index (χ2v) is 7.36. The Morgan fingerprint density at radius 2 is 1.88 bits per heavy atom. The number of imide groups is 1. The summed E-state index contributed by atoms with van der Waals surface area (Å²) >= 11 is 0. The van der Waals surface area contributed by atoms with Gasteiger partial charge in [-0.25, -0.2) is 4.79 Å². The van der Waals surface area contributed by atoms with E-state index in [1.807, 2.05) is 20.8 Å². The molecule has 7 heteroatoms. The number of carbonyl (C=O) groups is 3. The van der Waals surface area contributed by atoms with Crippen molar-refractivity contribution in [2.24, 2.45) is 0 Å². The van der Waals surface area contributed by atoms with E-state index in [1.54, 1.807) is 38.3 Å². The zero-order valence-corrected chi connectivity index (χ0v) is 16.0. The van der Waals surface area contributed by atoms with Crippen molar-refractivity contribution < 1.29 is 19.1 Å². The van der Waals surface area contributed by atoms with Gasteiger partial charge in [-0.15, -0.1) is 0 Å². The minimum absolute atomic E-state index is 0.302. The monoisotopic (exact) mass is 361 g/mol. The van der Waals surface area contributed by atoms with E-state index in [9.17, 15) is 14.4 Å². The van der Waals surface area contributed by atoms with Crippen LogP contribution in [0.25, 0.3) is 0 Å². The first kappa shape index (κ1) is 19.8. The molecule has 1 saturated heterocycles. The van der Waals surface area contributed by atoms with Crippen molar-refractivity contribution >= 4 is 17.8 Å². The van der Waals surface area contributed by atoms with Crippen molar-refractivity contribution in [3.63, 3.8) is 0 Å². The molecule has 1 aromatic carbocycles. The van der Waals surface area contributed by atoms with Crippen LogP contribution in [0, 0.1) is 0 Å². The predicted octanol–water partition coefficient (Wildman–Crippen LogP) is 2.16. The maximum atomic E-state index is 12.9. The number of ether oxygens (including phenoxy) is 1. The fourth-order valence-corrected chi connectivity index (χ4v) is 3.21. The average Bonchev–Trinajstić information content (AvgIpc) is 2.78. The number of methoxy groups -OCH3 is 1.